The van der Waals surface area contributed by atoms with Crippen molar-refractivity contribution in [1.29, 1.82) is 0 Å². The van der Waals surface area contributed by atoms with Crippen LogP contribution in [0, 0.1) is 5.82 Å². The molecule has 0 amide bonds. The van der Waals surface area contributed by atoms with E-state index >= 15 is 0 Å². The number of alkyl halides is 3. The third kappa shape index (κ3) is 5.85. The highest BCUT2D eigenvalue weighted by atomic mass is 19.4. The summed E-state index contributed by atoms with van der Waals surface area (Å²) >= 11 is 0. The van der Waals surface area contributed by atoms with E-state index in [1.165, 1.54) is 31.3 Å². The molecule has 0 spiro atoms. The van der Waals surface area contributed by atoms with E-state index in [-0.39, 0.29) is 17.9 Å². The van der Waals surface area contributed by atoms with E-state index in [2.05, 4.69) is 15.6 Å². The van der Waals surface area contributed by atoms with Gasteiger partial charge >= 0.3 is 6.18 Å². The van der Waals surface area contributed by atoms with Gasteiger partial charge in [0.25, 0.3) is 0 Å². The van der Waals surface area contributed by atoms with Crippen LogP contribution < -0.4 is 15.5 Å². The molecule has 1 aliphatic heterocycles. The van der Waals surface area contributed by atoms with Crippen molar-refractivity contribution in [3.8, 4) is 0 Å². The zero-order chi connectivity index (χ0) is 21.6. The number of benzene rings is 2. The zero-order valence-electron chi connectivity index (χ0n) is 16.6. The molecule has 1 aliphatic rings. The molecule has 3 rings (SSSR count). The van der Waals surface area contributed by atoms with E-state index < -0.39 is 11.7 Å². The summed E-state index contributed by atoms with van der Waals surface area (Å²) in [4.78, 5) is 5.92. The number of rotatable bonds is 5. The van der Waals surface area contributed by atoms with Crippen LogP contribution in [0.25, 0.3) is 0 Å². The minimum absolute atomic E-state index is 0.0404. The van der Waals surface area contributed by atoms with Crippen LogP contribution in [-0.4, -0.2) is 39.3 Å². The molecule has 0 atom stereocenters. The Balaban J connectivity index is 1.67. The maximum atomic E-state index is 13.7. The zero-order valence-corrected chi connectivity index (χ0v) is 16.6. The number of aliphatic imine (C=N–C) groups is 1. The predicted octanol–water partition coefficient (Wildman–Crippen LogP) is 3.55. The van der Waals surface area contributed by atoms with Crippen molar-refractivity contribution in [2.75, 3.05) is 38.3 Å². The Morgan fingerprint density at radius 3 is 2.33 bits per heavy atom. The Labute approximate surface area is 172 Å². The fourth-order valence-corrected chi connectivity index (χ4v) is 3.19. The molecule has 0 aromatic heterocycles. The highest BCUT2D eigenvalue weighted by Crippen LogP contribution is 2.35. The van der Waals surface area contributed by atoms with Gasteiger partial charge in [0, 0.05) is 38.9 Å². The second-order valence-electron chi connectivity index (χ2n) is 6.84. The summed E-state index contributed by atoms with van der Waals surface area (Å²) in [6, 6.07) is 10.3. The third-order valence-corrected chi connectivity index (χ3v) is 4.82. The molecule has 0 bridgehead atoms. The SMILES string of the molecule is CN=C(NCc1ccc(F)cc1)NCc1ccc(N2CCOCC2)cc1C(F)(F)F. The molecule has 1 fully saturated rings. The van der Waals surface area contributed by atoms with Crippen molar-refractivity contribution in [2.24, 2.45) is 4.99 Å². The first-order valence-electron chi connectivity index (χ1n) is 9.58. The Morgan fingerprint density at radius 2 is 1.70 bits per heavy atom. The number of hydrogen-bond donors (Lipinski definition) is 2. The third-order valence-electron chi connectivity index (χ3n) is 4.82. The van der Waals surface area contributed by atoms with E-state index in [1.54, 1.807) is 18.2 Å². The molecular formula is C21H24F4N4O. The number of guanidine groups is 1. The van der Waals surface area contributed by atoms with Crippen LogP contribution in [0.1, 0.15) is 16.7 Å². The molecular weight excluding hydrogens is 400 g/mol. The van der Waals surface area contributed by atoms with E-state index in [1.807, 2.05) is 4.90 Å². The summed E-state index contributed by atoms with van der Waals surface area (Å²) in [5, 5.41) is 5.92. The Morgan fingerprint density at radius 1 is 1.03 bits per heavy atom. The smallest absolute Gasteiger partial charge is 0.378 e. The summed E-state index contributed by atoms with van der Waals surface area (Å²) in [6.45, 7) is 2.45. The number of morpholine rings is 1. The molecule has 5 nitrogen and oxygen atoms in total. The average Bonchev–Trinajstić information content (AvgIpc) is 2.75. The first kappa shape index (κ1) is 21.9. The van der Waals surface area contributed by atoms with Crippen molar-refractivity contribution in [2.45, 2.75) is 19.3 Å². The highest BCUT2D eigenvalue weighted by molar-refractivity contribution is 5.79. The highest BCUT2D eigenvalue weighted by Gasteiger charge is 2.34. The first-order valence-corrected chi connectivity index (χ1v) is 9.58. The maximum Gasteiger partial charge on any atom is 0.416 e. The van der Waals surface area contributed by atoms with Crippen LogP contribution >= 0.6 is 0 Å². The lowest BCUT2D eigenvalue weighted by molar-refractivity contribution is -0.138. The van der Waals surface area contributed by atoms with Crippen molar-refractivity contribution in [3.63, 3.8) is 0 Å². The molecule has 1 heterocycles. The molecule has 0 radical (unpaired) electrons. The lowest BCUT2D eigenvalue weighted by Crippen LogP contribution is -2.37. The fourth-order valence-electron chi connectivity index (χ4n) is 3.19. The van der Waals surface area contributed by atoms with E-state index in [9.17, 15) is 17.6 Å². The lowest BCUT2D eigenvalue weighted by Gasteiger charge is -2.29. The molecule has 0 aliphatic carbocycles. The van der Waals surface area contributed by atoms with E-state index in [0.717, 1.165) is 5.56 Å². The maximum absolute atomic E-state index is 13.7. The van der Waals surface area contributed by atoms with Gasteiger partial charge in [0.1, 0.15) is 5.82 Å². The molecule has 1 saturated heterocycles. The van der Waals surface area contributed by atoms with Gasteiger partial charge in [-0.25, -0.2) is 4.39 Å². The van der Waals surface area contributed by atoms with Crippen LogP contribution in [0.2, 0.25) is 0 Å². The van der Waals surface area contributed by atoms with Gasteiger partial charge in [0.15, 0.2) is 5.96 Å². The van der Waals surface area contributed by atoms with Gasteiger partial charge in [-0.2, -0.15) is 13.2 Å². The van der Waals surface area contributed by atoms with Crippen LogP contribution in [0.15, 0.2) is 47.5 Å². The molecule has 2 N–H and O–H groups in total. The average molecular weight is 424 g/mol. The molecule has 0 unspecified atom stereocenters. The normalized spacial score (nSPS) is 15.2. The summed E-state index contributed by atoms with van der Waals surface area (Å²) in [5.41, 5.74) is 0.815. The number of nitrogens with zero attached hydrogens (tertiary/aromatic N) is 2. The van der Waals surface area contributed by atoms with Gasteiger partial charge in [-0.3, -0.25) is 4.99 Å². The lowest BCUT2D eigenvalue weighted by atomic mass is 10.0. The van der Waals surface area contributed by atoms with Gasteiger partial charge in [-0.1, -0.05) is 18.2 Å². The second kappa shape index (κ2) is 9.80. The standard InChI is InChI=1S/C21H24F4N4O/c1-26-20(27-13-15-2-5-17(22)6-3-15)28-14-16-4-7-18(12-19(16)21(23,24)25)29-8-10-30-11-9-29/h2-7,12H,8-11,13-14H2,1H3,(H2,26,27,28). The van der Waals surface area contributed by atoms with Gasteiger partial charge in [-0.15, -0.1) is 0 Å². The second-order valence-corrected chi connectivity index (χ2v) is 6.84. The largest absolute Gasteiger partial charge is 0.416 e. The summed E-state index contributed by atoms with van der Waals surface area (Å²) in [6.07, 6.45) is -4.47. The van der Waals surface area contributed by atoms with Crippen molar-refractivity contribution in [3.05, 3.63) is 65.0 Å². The van der Waals surface area contributed by atoms with Crippen LogP contribution in [0.5, 0.6) is 0 Å². The topological polar surface area (TPSA) is 48.9 Å². The number of ether oxygens (including phenoxy) is 1. The monoisotopic (exact) mass is 424 g/mol. The summed E-state index contributed by atoms with van der Waals surface area (Å²) in [5.74, 6) is 0.0196. The molecule has 2 aromatic rings. The molecule has 0 saturated carbocycles. The van der Waals surface area contributed by atoms with Crippen LogP contribution in [0.4, 0.5) is 23.2 Å². The van der Waals surface area contributed by atoms with Crippen molar-refractivity contribution in [1.82, 2.24) is 10.6 Å². The Hall–Kier alpha value is -2.81. The molecule has 162 valence electrons. The number of halogens is 4. The summed E-state index contributed by atoms with van der Waals surface area (Å²) < 4.78 is 59.2. The van der Waals surface area contributed by atoms with Crippen LogP contribution in [0.3, 0.4) is 0 Å². The minimum atomic E-state index is -4.47. The number of hydrogen-bond acceptors (Lipinski definition) is 3. The minimum Gasteiger partial charge on any atom is -0.378 e. The van der Waals surface area contributed by atoms with Crippen molar-refractivity contribution >= 4 is 11.6 Å². The Bertz CT molecular complexity index is 862. The molecule has 2 aromatic carbocycles. The predicted molar refractivity (Wildman–Crippen MR) is 108 cm³/mol. The quantitative estimate of drug-likeness (QED) is 0.438. The fraction of sp³-hybridized carbons (Fsp3) is 0.381. The van der Waals surface area contributed by atoms with E-state index in [4.69, 9.17) is 4.74 Å². The number of nitrogens with one attached hydrogen (secondary N) is 2. The molecule has 9 heteroatoms. The van der Waals surface area contributed by atoms with Crippen LogP contribution in [-0.2, 0) is 24.0 Å². The van der Waals surface area contributed by atoms with Gasteiger partial charge in [0.05, 0.1) is 18.8 Å². The molecule has 30 heavy (non-hydrogen) atoms. The van der Waals surface area contributed by atoms with Gasteiger partial charge in [-0.05, 0) is 35.4 Å². The summed E-state index contributed by atoms with van der Waals surface area (Å²) in [7, 11) is 1.53. The number of anilines is 1. The van der Waals surface area contributed by atoms with Gasteiger partial charge in [0.2, 0.25) is 0 Å². The van der Waals surface area contributed by atoms with Gasteiger partial charge < -0.3 is 20.3 Å². The first-order chi connectivity index (χ1) is 14.4. The van der Waals surface area contributed by atoms with Crippen molar-refractivity contribution < 1.29 is 22.3 Å². The Kier molecular flexibility index (Phi) is 7.15. The van der Waals surface area contributed by atoms with E-state index in [0.29, 0.717) is 44.5 Å².